The van der Waals surface area contributed by atoms with Gasteiger partial charge in [0.25, 0.3) is 0 Å². The van der Waals surface area contributed by atoms with Gasteiger partial charge in [-0.25, -0.2) is 0 Å². The highest BCUT2D eigenvalue weighted by Gasteiger charge is 2.29. The Labute approximate surface area is 110 Å². The SMILES string of the molecule is CC(NC(=O)C1CCC(CN)CC1)C1CCOC1. The first-order valence-electron chi connectivity index (χ1n) is 7.29. The van der Waals surface area contributed by atoms with E-state index in [1.807, 2.05) is 0 Å². The molecule has 1 saturated heterocycles. The largest absolute Gasteiger partial charge is 0.381 e. The van der Waals surface area contributed by atoms with Gasteiger partial charge >= 0.3 is 0 Å². The van der Waals surface area contributed by atoms with Crippen LogP contribution >= 0.6 is 0 Å². The van der Waals surface area contributed by atoms with Gasteiger partial charge in [-0.3, -0.25) is 4.79 Å². The second-order valence-electron chi connectivity index (χ2n) is 5.87. The van der Waals surface area contributed by atoms with Crippen molar-refractivity contribution < 1.29 is 9.53 Å². The number of hydrogen-bond acceptors (Lipinski definition) is 3. The third kappa shape index (κ3) is 3.45. The third-order valence-electron chi connectivity index (χ3n) is 4.59. The number of amides is 1. The van der Waals surface area contributed by atoms with E-state index in [-0.39, 0.29) is 17.9 Å². The average Bonchev–Trinajstić information content (AvgIpc) is 2.92. The van der Waals surface area contributed by atoms with Crippen molar-refractivity contribution in [1.29, 1.82) is 0 Å². The van der Waals surface area contributed by atoms with Crippen LogP contribution in [-0.2, 0) is 9.53 Å². The van der Waals surface area contributed by atoms with Crippen LogP contribution in [0.3, 0.4) is 0 Å². The van der Waals surface area contributed by atoms with Gasteiger partial charge < -0.3 is 15.8 Å². The number of hydrogen-bond donors (Lipinski definition) is 2. The number of rotatable bonds is 4. The van der Waals surface area contributed by atoms with Gasteiger partial charge in [-0.05, 0) is 51.5 Å². The zero-order valence-corrected chi connectivity index (χ0v) is 11.4. The van der Waals surface area contributed by atoms with Crippen molar-refractivity contribution in [1.82, 2.24) is 5.32 Å². The van der Waals surface area contributed by atoms with Crippen LogP contribution in [0.25, 0.3) is 0 Å². The van der Waals surface area contributed by atoms with Gasteiger partial charge in [-0.2, -0.15) is 0 Å². The number of nitrogens with two attached hydrogens (primary N) is 1. The summed E-state index contributed by atoms with van der Waals surface area (Å²) in [7, 11) is 0. The first kappa shape index (κ1) is 13.8. The van der Waals surface area contributed by atoms with Crippen LogP contribution in [-0.4, -0.2) is 31.7 Å². The van der Waals surface area contributed by atoms with Gasteiger partial charge in [0.1, 0.15) is 0 Å². The Bertz CT molecular complexity index is 269. The van der Waals surface area contributed by atoms with Gasteiger partial charge in [-0.15, -0.1) is 0 Å². The molecule has 1 aliphatic carbocycles. The van der Waals surface area contributed by atoms with Gasteiger partial charge in [0, 0.05) is 24.5 Å². The second-order valence-corrected chi connectivity index (χ2v) is 5.87. The molecule has 0 radical (unpaired) electrons. The van der Waals surface area contributed by atoms with Crippen molar-refractivity contribution in [3.8, 4) is 0 Å². The summed E-state index contributed by atoms with van der Waals surface area (Å²) >= 11 is 0. The molecule has 2 unspecified atom stereocenters. The summed E-state index contributed by atoms with van der Waals surface area (Å²) in [6.07, 6.45) is 5.29. The summed E-state index contributed by atoms with van der Waals surface area (Å²) in [6.45, 7) is 4.50. The number of nitrogens with one attached hydrogen (secondary N) is 1. The topological polar surface area (TPSA) is 64.4 Å². The summed E-state index contributed by atoms with van der Waals surface area (Å²) in [5, 5.41) is 3.17. The molecule has 18 heavy (non-hydrogen) atoms. The van der Waals surface area contributed by atoms with Crippen molar-refractivity contribution >= 4 is 5.91 Å². The van der Waals surface area contributed by atoms with Crippen LogP contribution in [0.1, 0.15) is 39.0 Å². The van der Waals surface area contributed by atoms with E-state index in [9.17, 15) is 4.79 Å². The fraction of sp³-hybridized carbons (Fsp3) is 0.929. The first-order valence-corrected chi connectivity index (χ1v) is 7.29. The maximum absolute atomic E-state index is 12.2. The number of carbonyl (C=O) groups is 1. The lowest BCUT2D eigenvalue weighted by Gasteiger charge is -2.29. The fourth-order valence-electron chi connectivity index (χ4n) is 3.07. The predicted molar refractivity (Wildman–Crippen MR) is 71.0 cm³/mol. The van der Waals surface area contributed by atoms with Crippen LogP contribution in [0.2, 0.25) is 0 Å². The van der Waals surface area contributed by atoms with Crippen LogP contribution in [0.4, 0.5) is 0 Å². The average molecular weight is 254 g/mol. The molecular formula is C14H26N2O2. The van der Waals surface area contributed by atoms with E-state index < -0.39 is 0 Å². The molecule has 3 N–H and O–H groups in total. The van der Waals surface area contributed by atoms with E-state index in [0.29, 0.717) is 11.8 Å². The molecule has 4 heteroatoms. The Kier molecular flexibility index (Phi) is 5.01. The molecule has 2 aliphatic rings. The molecular weight excluding hydrogens is 228 g/mol. The highest BCUT2D eigenvalue weighted by atomic mass is 16.5. The summed E-state index contributed by atoms with van der Waals surface area (Å²) in [5.74, 6) is 1.58. The highest BCUT2D eigenvalue weighted by molar-refractivity contribution is 5.79. The Morgan fingerprint density at radius 3 is 2.61 bits per heavy atom. The molecule has 1 amide bonds. The molecule has 0 aromatic heterocycles. The minimum Gasteiger partial charge on any atom is -0.381 e. The maximum atomic E-state index is 12.2. The minimum absolute atomic E-state index is 0.206. The summed E-state index contributed by atoms with van der Waals surface area (Å²) in [6, 6.07) is 0.243. The lowest BCUT2D eigenvalue weighted by atomic mass is 9.81. The molecule has 0 aromatic rings. The second kappa shape index (κ2) is 6.53. The summed E-state index contributed by atoms with van der Waals surface area (Å²) in [4.78, 5) is 12.2. The van der Waals surface area contributed by atoms with Crippen molar-refractivity contribution in [2.45, 2.75) is 45.1 Å². The normalized spacial score (nSPS) is 34.2. The van der Waals surface area contributed by atoms with Crippen molar-refractivity contribution in [3.63, 3.8) is 0 Å². The smallest absolute Gasteiger partial charge is 0.223 e. The molecule has 1 aliphatic heterocycles. The van der Waals surface area contributed by atoms with Crippen molar-refractivity contribution in [3.05, 3.63) is 0 Å². The molecule has 104 valence electrons. The van der Waals surface area contributed by atoms with Gasteiger partial charge in [0.15, 0.2) is 0 Å². The Hall–Kier alpha value is -0.610. The first-order chi connectivity index (χ1) is 8.70. The third-order valence-corrected chi connectivity index (χ3v) is 4.59. The van der Waals surface area contributed by atoms with E-state index >= 15 is 0 Å². The fourth-order valence-corrected chi connectivity index (χ4v) is 3.07. The van der Waals surface area contributed by atoms with E-state index in [2.05, 4.69) is 12.2 Å². The van der Waals surface area contributed by atoms with Crippen LogP contribution in [0.15, 0.2) is 0 Å². The molecule has 2 fully saturated rings. The van der Waals surface area contributed by atoms with E-state index in [4.69, 9.17) is 10.5 Å². The Balaban J connectivity index is 1.74. The minimum atomic E-state index is 0.206. The lowest BCUT2D eigenvalue weighted by molar-refractivity contribution is -0.127. The molecule has 1 saturated carbocycles. The molecule has 1 heterocycles. The predicted octanol–water partition coefficient (Wildman–Crippen LogP) is 1.29. The van der Waals surface area contributed by atoms with Crippen molar-refractivity contribution in [2.24, 2.45) is 23.5 Å². The molecule has 0 bridgehead atoms. The quantitative estimate of drug-likeness (QED) is 0.794. The summed E-state index contributed by atoms with van der Waals surface area (Å²) < 4.78 is 5.37. The van der Waals surface area contributed by atoms with Crippen molar-refractivity contribution in [2.75, 3.05) is 19.8 Å². The number of ether oxygens (including phenoxy) is 1. The van der Waals surface area contributed by atoms with Crippen LogP contribution in [0, 0.1) is 17.8 Å². The standard InChI is InChI=1S/C14H26N2O2/c1-10(13-6-7-18-9-13)16-14(17)12-4-2-11(8-15)3-5-12/h10-13H,2-9,15H2,1H3,(H,16,17). The van der Waals surface area contributed by atoms with E-state index in [0.717, 1.165) is 51.9 Å². The number of carbonyl (C=O) groups excluding carboxylic acids is 1. The molecule has 2 atom stereocenters. The monoisotopic (exact) mass is 254 g/mol. The molecule has 0 spiro atoms. The van der Waals surface area contributed by atoms with E-state index in [1.165, 1.54) is 0 Å². The van der Waals surface area contributed by atoms with Gasteiger partial charge in [0.2, 0.25) is 5.91 Å². The molecule has 0 aromatic carbocycles. The maximum Gasteiger partial charge on any atom is 0.223 e. The zero-order chi connectivity index (χ0) is 13.0. The molecule has 2 rings (SSSR count). The van der Waals surface area contributed by atoms with Crippen LogP contribution < -0.4 is 11.1 Å². The molecule has 4 nitrogen and oxygen atoms in total. The summed E-state index contributed by atoms with van der Waals surface area (Å²) in [5.41, 5.74) is 5.67. The van der Waals surface area contributed by atoms with Gasteiger partial charge in [-0.1, -0.05) is 0 Å². The van der Waals surface area contributed by atoms with E-state index in [1.54, 1.807) is 0 Å². The highest BCUT2D eigenvalue weighted by Crippen LogP contribution is 2.28. The van der Waals surface area contributed by atoms with Crippen LogP contribution in [0.5, 0.6) is 0 Å². The Morgan fingerprint density at radius 1 is 1.33 bits per heavy atom. The zero-order valence-electron chi connectivity index (χ0n) is 11.4. The van der Waals surface area contributed by atoms with Gasteiger partial charge in [0.05, 0.1) is 6.61 Å². The lowest BCUT2D eigenvalue weighted by Crippen LogP contribution is -2.42. The Morgan fingerprint density at radius 2 is 2.06 bits per heavy atom.